The number of aromatic nitrogens is 2. The van der Waals surface area contributed by atoms with Gasteiger partial charge >= 0.3 is 0 Å². The molecule has 0 saturated carbocycles. The van der Waals surface area contributed by atoms with Gasteiger partial charge in [-0.3, -0.25) is 5.43 Å². The van der Waals surface area contributed by atoms with Crippen LogP contribution in [0.4, 0.5) is 5.82 Å². The minimum Gasteiger partial charge on any atom is -0.504 e. The third kappa shape index (κ3) is 3.34. The van der Waals surface area contributed by atoms with E-state index in [9.17, 15) is 5.11 Å². The second kappa shape index (κ2) is 7.46. The minimum absolute atomic E-state index is 0.103. The van der Waals surface area contributed by atoms with E-state index in [4.69, 9.17) is 9.15 Å². The number of aromatic hydroxyl groups is 1. The molecule has 7 nitrogen and oxygen atoms in total. The summed E-state index contributed by atoms with van der Waals surface area (Å²) in [6.07, 6.45) is 6.17. The van der Waals surface area contributed by atoms with Crippen molar-refractivity contribution in [2.24, 2.45) is 5.10 Å². The van der Waals surface area contributed by atoms with Gasteiger partial charge in [-0.15, -0.1) is 11.3 Å². The van der Waals surface area contributed by atoms with Gasteiger partial charge in [0.15, 0.2) is 11.6 Å². The first kappa shape index (κ1) is 17.0. The summed E-state index contributed by atoms with van der Waals surface area (Å²) in [7, 11) is 0. The highest BCUT2D eigenvalue weighted by atomic mass is 32.1. The van der Waals surface area contributed by atoms with Crippen LogP contribution in [0.15, 0.2) is 58.7 Å². The molecule has 8 heteroatoms. The summed E-state index contributed by atoms with van der Waals surface area (Å²) >= 11 is 1.38. The highest BCUT2D eigenvalue weighted by Gasteiger charge is 2.19. The number of fused-ring (bicyclic) bond motifs is 1. The third-order valence-electron chi connectivity index (χ3n) is 3.81. The molecule has 0 aliphatic rings. The van der Waals surface area contributed by atoms with Crippen LogP contribution < -0.4 is 10.2 Å². The summed E-state index contributed by atoms with van der Waals surface area (Å²) in [5, 5.41) is 14.9. The van der Waals surface area contributed by atoms with Gasteiger partial charge in [-0.25, -0.2) is 9.97 Å². The molecule has 0 unspecified atom stereocenters. The van der Waals surface area contributed by atoms with Crippen molar-refractivity contribution in [3.05, 3.63) is 54.7 Å². The maximum absolute atomic E-state index is 10.7. The number of nitrogens with zero attached hydrogens (tertiary/aromatic N) is 3. The molecule has 0 amide bonds. The second-order valence-corrected chi connectivity index (χ2v) is 6.56. The molecule has 0 radical (unpaired) electrons. The van der Waals surface area contributed by atoms with Crippen molar-refractivity contribution in [2.75, 3.05) is 12.0 Å². The van der Waals surface area contributed by atoms with Crippen molar-refractivity contribution in [3.8, 4) is 21.9 Å². The molecule has 4 rings (SSSR count). The SMILES string of the molecule is CCOc1ccccc1-c1sc2c(N/N=C/c3ccoc3)ncnc2c1O. The average Bonchev–Trinajstić information content (AvgIpc) is 3.32. The highest BCUT2D eigenvalue weighted by Crippen LogP contribution is 2.47. The first-order valence-corrected chi connectivity index (χ1v) is 9.09. The number of para-hydroxylation sites is 1. The van der Waals surface area contributed by atoms with Crippen LogP contribution in [0.2, 0.25) is 0 Å². The highest BCUT2D eigenvalue weighted by molar-refractivity contribution is 7.23. The lowest BCUT2D eigenvalue weighted by Gasteiger charge is -2.08. The quantitative estimate of drug-likeness (QED) is 0.378. The molecule has 0 fully saturated rings. The number of benzene rings is 1. The van der Waals surface area contributed by atoms with Crippen LogP contribution in [-0.4, -0.2) is 27.9 Å². The van der Waals surface area contributed by atoms with Gasteiger partial charge in [0.25, 0.3) is 0 Å². The molecule has 0 aliphatic heterocycles. The normalized spacial score (nSPS) is 11.3. The third-order valence-corrected chi connectivity index (χ3v) is 5.01. The number of hydrogen-bond donors (Lipinski definition) is 2. The van der Waals surface area contributed by atoms with Gasteiger partial charge in [-0.1, -0.05) is 12.1 Å². The zero-order valence-electron chi connectivity index (χ0n) is 14.4. The second-order valence-electron chi connectivity index (χ2n) is 5.54. The topological polar surface area (TPSA) is 92.8 Å². The van der Waals surface area contributed by atoms with Gasteiger partial charge in [-0.05, 0) is 25.1 Å². The number of hydrogen-bond acceptors (Lipinski definition) is 8. The smallest absolute Gasteiger partial charge is 0.167 e. The number of hydrazone groups is 1. The van der Waals surface area contributed by atoms with Gasteiger partial charge in [0.2, 0.25) is 0 Å². The number of ether oxygens (including phenoxy) is 1. The number of nitrogens with one attached hydrogen (secondary N) is 1. The van der Waals surface area contributed by atoms with Crippen molar-refractivity contribution < 1.29 is 14.3 Å². The molecule has 0 spiro atoms. The predicted molar refractivity (Wildman–Crippen MR) is 106 cm³/mol. The van der Waals surface area contributed by atoms with Gasteiger partial charge < -0.3 is 14.3 Å². The van der Waals surface area contributed by atoms with E-state index in [2.05, 4.69) is 20.5 Å². The molecule has 4 aromatic rings. The molecule has 0 bridgehead atoms. The first-order chi connectivity index (χ1) is 13.3. The van der Waals surface area contributed by atoms with Crippen LogP contribution in [0.3, 0.4) is 0 Å². The van der Waals surface area contributed by atoms with Crippen molar-refractivity contribution in [1.29, 1.82) is 0 Å². The lowest BCUT2D eigenvalue weighted by atomic mass is 10.1. The van der Waals surface area contributed by atoms with E-state index >= 15 is 0 Å². The molecule has 0 atom stereocenters. The Bertz CT molecular complexity index is 1090. The van der Waals surface area contributed by atoms with E-state index in [1.165, 1.54) is 17.7 Å². The van der Waals surface area contributed by atoms with E-state index in [0.717, 1.165) is 11.1 Å². The Labute approximate surface area is 159 Å². The van der Waals surface area contributed by atoms with E-state index < -0.39 is 0 Å². The molecule has 3 heterocycles. The molecular formula is C19H16N4O3S. The standard InChI is InChI=1S/C19H16N4O3S/c1-2-26-14-6-4-3-5-13(14)17-16(24)15-18(27-17)19(21-11-20-15)23-22-9-12-7-8-25-10-12/h3-11,24H,2H2,1H3,(H,20,21,23)/b22-9+. The van der Waals surface area contributed by atoms with Gasteiger partial charge in [0, 0.05) is 11.1 Å². The molecule has 2 N–H and O–H groups in total. The summed E-state index contributed by atoms with van der Waals surface area (Å²) in [5.41, 5.74) is 5.01. The average molecular weight is 380 g/mol. The molecule has 3 aromatic heterocycles. The van der Waals surface area contributed by atoms with Crippen molar-refractivity contribution in [2.45, 2.75) is 6.92 Å². The summed E-state index contributed by atoms with van der Waals surface area (Å²) in [5.74, 6) is 1.33. The lowest BCUT2D eigenvalue weighted by Crippen LogP contribution is -1.93. The minimum atomic E-state index is 0.103. The number of rotatable bonds is 6. The van der Waals surface area contributed by atoms with Crippen LogP contribution in [0, 0.1) is 0 Å². The zero-order valence-corrected chi connectivity index (χ0v) is 15.2. The Kier molecular flexibility index (Phi) is 4.71. The predicted octanol–water partition coefficient (Wildman–Crippen LogP) is 4.50. The zero-order chi connectivity index (χ0) is 18.6. The first-order valence-electron chi connectivity index (χ1n) is 8.28. The fraction of sp³-hybridized carbons (Fsp3) is 0.105. The van der Waals surface area contributed by atoms with Gasteiger partial charge in [0.1, 0.15) is 22.3 Å². The number of furan rings is 1. The fourth-order valence-electron chi connectivity index (χ4n) is 2.61. The van der Waals surface area contributed by atoms with Crippen LogP contribution in [-0.2, 0) is 0 Å². The van der Waals surface area contributed by atoms with Gasteiger partial charge in [-0.2, -0.15) is 5.10 Å². The van der Waals surface area contributed by atoms with E-state index in [1.54, 1.807) is 24.8 Å². The largest absolute Gasteiger partial charge is 0.504 e. The fourth-order valence-corrected chi connectivity index (χ4v) is 3.73. The van der Waals surface area contributed by atoms with Crippen molar-refractivity contribution in [3.63, 3.8) is 0 Å². The van der Waals surface area contributed by atoms with Crippen molar-refractivity contribution in [1.82, 2.24) is 9.97 Å². The maximum Gasteiger partial charge on any atom is 0.167 e. The molecule has 27 heavy (non-hydrogen) atoms. The van der Waals surface area contributed by atoms with Crippen LogP contribution in [0.5, 0.6) is 11.5 Å². The van der Waals surface area contributed by atoms with E-state index in [0.29, 0.717) is 33.3 Å². The van der Waals surface area contributed by atoms with E-state index in [1.807, 2.05) is 31.2 Å². The van der Waals surface area contributed by atoms with E-state index in [-0.39, 0.29) is 5.75 Å². The van der Waals surface area contributed by atoms with Crippen LogP contribution >= 0.6 is 11.3 Å². The van der Waals surface area contributed by atoms with Crippen molar-refractivity contribution >= 4 is 33.6 Å². The Balaban J connectivity index is 1.74. The monoisotopic (exact) mass is 380 g/mol. The maximum atomic E-state index is 10.7. The summed E-state index contributed by atoms with van der Waals surface area (Å²) in [6.45, 7) is 2.46. The molecule has 0 aliphatic carbocycles. The Morgan fingerprint density at radius 2 is 2.19 bits per heavy atom. The molecule has 136 valence electrons. The Hall–Kier alpha value is -3.39. The summed E-state index contributed by atoms with van der Waals surface area (Å²) in [4.78, 5) is 9.14. The molecule has 1 aromatic carbocycles. The Morgan fingerprint density at radius 1 is 1.30 bits per heavy atom. The summed E-state index contributed by atoms with van der Waals surface area (Å²) in [6, 6.07) is 9.38. The Morgan fingerprint density at radius 3 is 3.00 bits per heavy atom. The van der Waals surface area contributed by atoms with Crippen LogP contribution in [0.1, 0.15) is 12.5 Å². The molecular weight excluding hydrogens is 364 g/mol. The summed E-state index contributed by atoms with van der Waals surface area (Å²) < 4.78 is 11.4. The lowest BCUT2D eigenvalue weighted by molar-refractivity contribution is 0.341. The van der Waals surface area contributed by atoms with Crippen LogP contribution in [0.25, 0.3) is 20.7 Å². The molecule has 0 saturated heterocycles. The van der Waals surface area contributed by atoms with Gasteiger partial charge in [0.05, 0.1) is 30.2 Å². The number of thiophene rings is 1. The number of anilines is 1.